The van der Waals surface area contributed by atoms with E-state index in [4.69, 9.17) is 4.74 Å². The zero-order chi connectivity index (χ0) is 20.2. The normalized spacial score (nSPS) is 16.6. The second kappa shape index (κ2) is 12.4. The van der Waals surface area contributed by atoms with Gasteiger partial charge in [-0.1, -0.05) is 44.2 Å². The molecule has 3 N–H and O–H groups in total. The predicted octanol–water partition coefficient (Wildman–Crippen LogP) is 0.867. The first-order valence-electron chi connectivity index (χ1n) is 10.2. The third-order valence-electron chi connectivity index (χ3n) is 4.98. The lowest BCUT2D eigenvalue weighted by Crippen LogP contribution is -2.53. The number of nitrogens with zero attached hydrogens (tertiary/aromatic N) is 2. The molecule has 7 heteroatoms. The molecule has 1 fully saturated rings. The van der Waals surface area contributed by atoms with E-state index >= 15 is 0 Å². The van der Waals surface area contributed by atoms with E-state index < -0.39 is 0 Å². The summed E-state index contributed by atoms with van der Waals surface area (Å²) in [7, 11) is 1.72. The molecule has 1 atom stereocenters. The highest BCUT2D eigenvalue weighted by Gasteiger charge is 2.23. The molecule has 0 aromatic heterocycles. The fourth-order valence-corrected chi connectivity index (χ4v) is 3.33. The molecule has 0 aliphatic carbocycles. The number of morpholine rings is 1. The van der Waals surface area contributed by atoms with Crippen molar-refractivity contribution in [3.63, 3.8) is 0 Å². The maximum atomic E-state index is 12.1. The minimum Gasteiger partial charge on any atom is -0.379 e. The van der Waals surface area contributed by atoms with Crippen molar-refractivity contribution in [2.75, 3.05) is 53.0 Å². The quantitative estimate of drug-likeness (QED) is 0.431. The van der Waals surface area contributed by atoms with Gasteiger partial charge in [0.25, 0.3) is 0 Å². The lowest BCUT2D eigenvalue weighted by atomic mass is 10.0. The summed E-state index contributed by atoms with van der Waals surface area (Å²) >= 11 is 0. The zero-order valence-corrected chi connectivity index (χ0v) is 17.4. The Bertz CT molecular complexity index is 600. The number of rotatable bonds is 9. The first-order valence-corrected chi connectivity index (χ1v) is 10.2. The topological polar surface area (TPSA) is 78.0 Å². The first kappa shape index (κ1) is 22.2. The maximum Gasteiger partial charge on any atom is 0.239 e. The molecule has 1 aliphatic heterocycles. The van der Waals surface area contributed by atoms with Crippen molar-refractivity contribution in [2.45, 2.75) is 26.3 Å². The number of carbonyl (C=O) groups is 1. The number of amides is 1. The van der Waals surface area contributed by atoms with Gasteiger partial charge in [-0.25, -0.2) is 0 Å². The van der Waals surface area contributed by atoms with Gasteiger partial charge in [-0.15, -0.1) is 0 Å². The van der Waals surface area contributed by atoms with Crippen LogP contribution in [0.4, 0.5) is 0 Å². The van der Waals surface area contributed by atoms with E-state index in [9.17, 15) is 4.79 Å². The largest absolute Gasteiger partial charge is 0.379 e. The molecule has 0 spiro atoms. The minimum absolute atomic E-state index is 0.0348. The van der Waals surface area contributed by atoms with Gasteiger partial charge in [-0.05, 0) is 17.9 Å². The van der Waals surface area contributed by atoms with Gasteiger partial charge < -0.3 is 20.7 Å². The van der Waals surface area contributed by atoms with Gasteiger partial charge in [0.2, 0.25) is 5.91 Å². The van der Waals surface area contributed by atoms with Crippen LogP contribution >= 0.6 is 0 Å². The fraction of sp³-hybridized carbons (Fsp3) is 0.619. The summed E-state index contributed by atoms with van der Waals surface area (Å²) in [6, 6.07) is 10.5. The predicted molar refractivity (Wildman–Crippen MR) is 114 cm³/mol. The Morgan fingerprint density at radius 2 is 1.86 bits per heavy atom. The molecule has 1 aromatic rings. The van der Waals surface area contributed by atoms with Crippen LogP contribution in [0.3, 0.4) is 0 Å². The van der Waals surface area contributed by atoms with E-state index in [-0.39, 0.29) is 12.5 Å². The summed E-state index contributed by atoms with van der Waals surface area (Å²) in [5.74, 6) is 1.13. The molecule has 1 unspecified atom stereocenters. The average Bonchev–Trinajstić information content (AvgIpc) is 2.72. The molecule has 0 saturated carbocycles. The molecule has 28 heavy (non-hydrogen) atoms. The Hall–Kier alpha value is -2.12. The lowest BCUT2D eigenvalue weighted by Gasteiger charge is -2.37. The zero-order valence-electron chi connectivity index (χ0n) is 17.4. The molecule has 7 nitrogen and oxygen atoms in total. The van der Waals surface area contributed by atoms with Crippen LogP contribution in [-0.4, -0.2) is 75.8 Å². The number of carbonyl (C=O) groups excluding carboxylic acids is 1. The van der Waals surface area contributed by atoms with E-state index in [0.29, 0.717) is 24.5 Å². The van der Waals surface area contributed by atoms with E-state index in [1.807, 2.05) is 18.2 Å². The summed E-state index contributed by atoms with van der Waals surface area (Å²) in [5.41, 5.74) is 1.22. The standard InChI is InChI=1S/C21H35N5O2/c1-17(2)19(26-11-13-28-14-12-26)15-24-21(22-3)25-16-20(27)23-10-9-18-7-5-4-6-8-18/h4-8,17,19H,9-16H2,1-3H3,(H,23,27)(H2,22,24,25). The highest BCUT2D eigenvalue weighted by atomic mass is 16.5. The number of aliphatic imine (C=N–C) groups is 1. The number of nitrogens with one attached hydrogen (secondary N) is 3. The Balaban J connectivity index is 1.68. The number of benzene rings is 1. The number of guanidine groups is 1. The van der Waals surface area contributed by atoms with Gasteiger partial charge in [0.1, 0.15) is 0 Å². The van der Waals surface area contributed by atoms with Gasteiger partial charge in [-0.3, -0.25) is 14.7 Å². The molecule has 1 amide bonds. The summed E-state index contributed by atoms with van der Waals surface area (Å²) in [6.45, 7) is 9.59. The molecular weight excluding hydrogens is 354 g/mol. The van der Waals surface area contributed by atoms with Crippen LogP contribution in [0.5, 0.6) is 0 Å². The van der Waals surface area contributed by atoms with Gasteiger partial charge in [0, 0.05) is 39.3 Å². The Morgan fingerprint density at radius 1 is 1.14 bits per heavy atom. The Morgan fingerprint density at radius 3 is 2.50 bits per heavy atom. The van der Waals surface area contributed by atoms with Crippen molar-refractivity contribution in [1.82, 2.24) is 20.9 Å². The molecule has 1 saturated heterocycles. The van der Waals surface area contributed by atoms with Gasteiger partial charge >= 0.3 is 0 Å². The van der Waals surface area contributed by atoms with Crippen LogP contribution in [0, 0.1) is 5.92 Å². The van der Waals surface area contributed by atoms with Crippen LogP contribution in [0.1, 0.15) is 19.4 Å². The van der Waals surface area contributed by atoms with Crippen molar-refractivity contribution in [1.29, 1.82) is 0 Å². The summed E-state index contributed by atoms with van der Waals surface area (Å²) in [4.78, 5) is 18.8. The monoisotopic (exact) mass is 389 g/mol. The van der Waals surface area contributed by atoms with Crippen LogP contribution in [0.2, 0.25) is 0 Å². The minimum atomic E-state index is -0.0348. The maximum absolute atomic E-state index is 12.1. The van der Waals surface area contributed by atoms with Gasteiger partial charge in [-0.2, -0.15) is 0 Å². The SMILES string of the molecule is CN=C(NCC(=O)NCCc1ccccc1)NCC(C(C)C)N1CCOCC1. The highest BCUT2D eigenvalue weighted by molar-refractivity contribution is 5.86. The van der Waals surface area contributed by atoms with Crippen molar-refractivity contribution in [2.24, 2.45) is 10.9 Å². The Labute approximate surface area is 168 Å². The summed E-state index contributed by atoms with van der Waals surface area (Å²) in [6.07, 6.45) is 0.829. The van der Waals surface area contributed by atoms with Crippen LogP contribution in [0.15, 0.2) is 35.3 Å². The average molecular weight is 390 g/mol. The number of ether oxygens (including phenoxy) is 1. The molecule has 0 bridgehead atoms. The molecule has 0 radical (unpaired) electrons. The van der Waals surface area contributed by atoms with Crippen molar-refractivity contribution in [3.05, 3.63) is 35.9 Å². The van der Waals surface area contributed by atoms with E-state index in [2.05, 4.69) is 51.8 Å². The molecule has 2 rings (SSSR count). The van der Waals surface area contributed by atoms with Crippen molar-refractivity contribution in [3.8, 4) is 0 Å². The fourth-order valence-electron chi connectivity index (χ4n) is 3.33. The second-order valence-electron chi connectivity index (χ2n) is 7.35. The lowest BCUT2D eigenvalue weighted by molar-refractivity contribution is -0.119. The smallest absolute Gasteiger partial charge is 0.239 e. The third-order valence-corrected chi connectivity index (χ3v) is 4.98. The highest BCUT2D eigenvalue weighted by Crippen LogP contribution is 2.12. The molecule has 156 valence electrons. The molecular formula is C21H35N5O2. The molecule has 1 aliphatic rings. The van der Waals surface area contributed by atoms with Crippen molar-refractivity contribution >= 4 is 11.9 Å². The number of hydrogen-bond donors (Lipinski definition) is 3. The van der Waals surface area contributed by atoms with E-state index in [1.165, 1.54) is 5.56 Å². The molecule has 1 aromatic carbocycles. The molecule has 1 heterocycles. The summed E-state index contributed by atoms with van der Waals surface area (Å²) in [5, 5.41) is 9.40. The van der Waals surface area contributed by atoms with Crippen LogP contribution < -0.4 is 16.0 Å². The van der Waals surface area contributed by atoms with Gasteiger partial charge in [0.05, 0.1) is 19.8 Å². The second-order valence-corrected chi connectivity index (χ2v) is 7.35. The Kier molecular flexibility index (Phi) is 9.79. The van der Waals surface area contributed by atoms with Crippen LogP contribution in [0.25, 0.3) is 0 Å². The number of hydrogen-bond acceptors (Lipinski definition) is 4. The first-order chi connectivity index (χ1) is 13.6. The van der Waals surface area contributed by atoms with E-state index in [1.54, 1.807) is 7.05 Å². The van der Waals surface area contributed by atoms with Crippen molar-refractivity contribution < 1.29 is 9.53 Å². The van der Waals surface area contributed by atoms with Crippen LogP contribution in [-0.2, 0) is 16.0 Å². The third kappa shape index (κ3) is 7.86. The van der Waals surface area contributed by atoms with Gasteiger partial charge in [0.15, 0.2) is 5.96 Å². The van der Waals surface area contributed by atoms with E-state index in [0.717, 1.165) is 39.3 Å². The summed E-state index contributed by atoms with van der Waals surface area (Å²) < 4.78 is 5.46.